The number of carbonyl (C=O) groups is 1. The minimum Gasteiger partial charge on any atom is -0.476 e. The van der Waals surface area contributed by atoms with E-state index in [1.165, 1.54) is 24.6 Å². The second-order valence-corrected chi connectivity index (χ2v) is 8.29. The minimum absolute atomic E-state index is 0.168. The summed E-state index contributed by atoms with van der Waals surface area (Å²) in [6, 6.07) is 10.8. The van der Waals surface area contributed by atoms with Crippen LogP contribution in [0.2, 0.25) is 0 Å². The lowest BCUT2D eigenvalue weighted by atomic mass is 9.97. The quantitative estimate of drug-likeness (QED) is 0.662. The van der Waals surface area contributed by atoms with Gasteiger partial charge in [-0.15, -0.1) is 0 Å². The summed E-state index contributed by atoms with van der Waals surface area (Å²) in [4.78, 5) is 17.6. The summed E-state index contributed by atoms with van der Waals surface area (Å²) < 4.78 is 18.7. The van der Waals surface area contributed by atoms with Crippen molar-refractivity contribution in [2.24, 2.45) is 11.7 Å². The van der Waals surface area contributed by atoms with E-state index in [0.29, 0.717) is 35.9 Å². The number of hydrogen-bond donors (Lipinski definition) is 2. The first-order chi connectivity index (χ1) is 14.6. The molecule has 1 saturated heterocycles. The number of primary amides is 1. The molecule has 2 aliphatic rings. The van der Waals surface area contributed by atoms with Crippen molar-refractivity contribution in [2.75, 3.05) is 32.8 Å². The van der Waals surface area contributed by atoms with Gasteiger partial charge in [0.05, 0.1) is 5.56 Å². The molecule has 0 bridgehead atoms. The van der Waals surface area contributed by atoms with Gasteiger partial charge in [0.15, 0.2) is 0 Å². The largest absolute Gasteiger partial charge is 0.476 e. The Morgan fingerprint density at radius 3 is 2.63 bits per heavy atom. The molecule has 7 heteroatoms. The van der Waals surface area contributed by atoms with E-state index in [0.717, 1.165) is 32.6 Å². The zero-order valence-electron chi connectivity index (χ0n) is 17.1. The monoisotopic (exact) mass is 412 g/mol. The van der Waals surface area contributed by atoms with Gasteiger partial charge in [0.2, 0.25) is 11.8 Å². The first kappa shape index (κ1) is 20.8. The maximum atomic E-state index is 13.0. The average molecular weight is 413 g/mol. The molecule has 160 valence electrons. The van der Waals surface area contributed by atoms with Crippen LogP contribution in [0.1, 0.15) is 41.1 Å². The number of amides is 1. The second-order valence-electron chi connectivity index (χ2n) is 8.29. The Balaban J connectivity index is 1.10. The number of ether oxygens (including phenoxy) is 1. The number of hydrogen-bond acceptors (Lipinski definition) is 5. The topological polar surface area (TPSA) is 80.5 Å². The predicted octanol–water partition coefficient (Wildman–Crippen LogP) is 2.56. The van der Waals surface area contributed by atoms with Gasteiger partial charge in [-0.3, -0.25) is 9.69 Å². The number of pyridine rings is 1. The summed E-state index contributed by atoms with van der Waals surface area (Å²) in [6.07, 6.45) is 4.96. The Kier molecular flexibility index (Phi) is 6.59. The first-order valence-electron chi connectivity index (χ1n) is 10.7. The van der Waals surface area contributed by atoms with E-state index >= 15 is 0 Å². The van der Waals surface area contributed by atoms with E-state index in [2.05, 4.69) is 15.2 Å². The van der Waals surface area contributed by atoms with Crippen LogP contribution in [0.3, 0.4) is 0 Å². The molecule has 2 aromatic rings. The van der Waals surface area contributed by atoms with Gasteiger partial charge in [-0.05, 0) is 68.6 Å². The molecule has 1 saturated carbocycles. The standard InChI is InChI=1S/C23H29FN4O2/c24-19-4-1-17(2-5-19)20-13-21(20)26-14-16-7-9-28(10-8-16)11-12-30-22-6-3-18(15-27-22)23(25)29/h1-6,15-16,20-21,26H,7-14H2,(H2,25,29). The van der Waals surface area contributed by atoms with E-state index < -0.39 is 5.91 Å². The van der Waals surface area contributed by atoms with Crippen LogP contribution in [0.4, 0.5) is 4.39 Å². The molecule has 3 N–H and O–H groups in total. The Bertz CT molecular complexity index is 835. The van der Waals surface area contributed by atoms with Crippen molar-refractivity contribution in [1.29, 1.82) is 0 Å². The van der Waals surface area contributed by atoms with Crippen molar-refractivity contribution in [3.63, 3.8) is 0 Å². The maximum absolute atomic E-state index is 13.0. The van der Waals surface area contributed by atoms with Crippen LogP contribution in [-0.2, 0) is 0 Å². The molecule has 4 rings (SSSR count). The summed E-state index contributed by atoms with van der Waals surface area (Å²) in [5.74, 6) is 1.10. The number of rotatable bonds is 9. The molecular formula is C23H29FN4O2. The van der Waals surface area contributed by atoms with E-state index in [4.69, 9.17) is 10.5 Å². The predicted molar refractivity (Wildman–Crippen MR) is 113 cm³/mol. The van der Waals surface area contributed by atoms with Gasteiger partial charge in [0.1, 0.15) is 12.4 Å². The van der Waals surface area contributed by atoms with Gasteiger partial charge in [0.25, 0.3) is 0 Å². The molecule has 2 unspecified atom stereocenters. The molecule has 1 aliphatic heterocycles. The normalized spacial score (nSPS) is 22.0. The number of carbonyl (C=O) groups excluding carboxylic acids is 1. The van der Waals surface area contributed by atoms with Crippen LogP contribution in [0, 0.1) is 11.7 Å². The highest BCUT2D eigenvalue weighted by Gasteiger charge is 2.38. The van der Waals surface area contributed by atoms with E-state index in [1.54, 1.807) is 24.3 Å². The van der Waals surface area contributed by atoms with Crippen molar-refractivity contribution < 1.29 is 13.9 Å². The summed E-state index contributed by atoms with van der Waals surface area (Å²) in [7, 11) is 0. The third-order valence-electron chi connectivity index (χ3n) is 6.14. The molecule has 0 spiro atoms. The number of nitrogens with two attached hydrogens (primary N) is 1. The number of nitrogens with one attached hydrogen (secondary N) is 1. The lowest BCUT2D eigenvalue weighted by molar-refractivity contribution is 0.1000. The third kappa shape index (κ3) is 5.55. The summed E-state index contributed by atoms with van der Waals surface area (Å²) in [5.41, 5.74) is 6.83. The van der Waals surface area contributed by atoms with Crippen molar-refractivity contribution >= 4 is 5.91 Å². The van der Waals surface area contributed by atoms with Crippen LogP contribution < -0.4 is 15.8 Å². The number of likely N-dealkylation sites (tertiary alicyclic amines) is 1. The van der Waals surface area contributed by atoms with E-state index in [-0.39, 0.29) is 5.82 Å². The summed E-state index contributed by atoms with van der Waals surface area (Å²) in [5, 5.41) is 3.70. The van der Waals surface area contributed by atoms with Crippen LogP contribution in [0.5, 0.6) is 5.88 Å². The SMILES string of the molecule is NC(=O)c1ccc(OCCN2CCC(CNC3CC3c3ccc(F)cc3)CC2)nc1. The van der Waals surface area contributed by atoms with Gasteiger partial charge in [-0.1, -0.05) is 12.1 Å². The molecule has 2 fully saturated rings. The summed E-state index contributed by atoms with van der Waals surface area (Å²) >= 11 is 0. The molecule has 1 aromatic heterocycles. The average Bonchev–Trinajstić information content (AvgIpc) is 3.54. The van der Waals surface area contributed by atoms with Crippen molar-refractivity contribution in [3.8, 4) is 5.88 Å². The van der Waals surface area contributed by atoms with Gasteiger partial charge < -0.3 is 15.8 Å². The van der Waals surface area contributed by atoms with Crippen LogP contribution >= 0.6 is 0 Å². The van der Waals surface area contributed by atoms with Crippen LogP contribution in [0.25, 0.3) is 0 Å². The Morgan fingerprint density at radius 2 is 1.97 bits per heavy atom. The number of benzene rings is 1. The van der Waals surface area contributed by atoms with Crippen LogP contribution in [0.15, 0.2) is 42.6 Å². The molecule has 1 aliphatic carbocycles. The molecule has 2 atom stereocenters. The Hall–Kier alpha value is -2.51. The Labute approximate surface area is 176 Å². The lowest BCUT2D eigenvalue weighted by Gasteiger charge is -2.32. The van der Waals surface area contributed by atoms with Gasteiger partial charge in [0, 0.05) is 30.8 Å². The highest BCUT2D eigenvalue weighted by molar-refractivity contribution is 5.92. The molecule has 1 aromatic carbocycles. The second kappa shape index (κ2) is 9.53. The molecular weight excluding hydrogens is 383 g/mol. The number of aromatic nitrogens is 1. The van der Waals surface area contributed by atoms with E-state index in [9.17, 15) is 9.18 Å². The van der Waals surface area contributed by atoms with Gasteiger partial charge >= 0.3 is 0 Å². The fourth-order valence-corrected chi connectivity index (χ4v) is 4.12. The van der Waals surface area contributed by atoms with Gasteiger partial charge in [-0.2, -0.15) is 0 Å². The first-order valence-corrected chi connectivity index (χ1v) is 10.7. The number of piperidine rings is 1. The lowest BCUT2D eigenvalue weighted by Crippen LogP contribution is -2.39. The van der Waals surface area contributed by atoms with Crippen molar-refractivity contribution in [1.82, 2.24) is 15.2 Å². The van der Waals surface area contributed by atoms with Crippen molar-refractivity contribution in [3.05, 3.63) is 59.5 Å². The zero-order valence-corrected chi connectivity index (χ0v) is 17.1. The Morgan fingerprint density at radius 1 is 1.20 bits per heavy atom. The minimum atomic E-state index is -0.487. The fraction of sp³-hybridized carbons (Fsp3) is 0.478. The number of halogens is 1. The third-order valence-corrected chi connectivity index (χ3v) is 6.14. The maximum Gasteiger partial charge on any atom is 0.250 e. The van der Waals surface area contributed by atoms with E-state index in [1.807, 2.05) is 12.1 Å². The van der Waals surface area contributed by atoms with Crippen LogP contribution in [-0.4, -0.2) is 54.6 Å². The van der Waals surface area contributed by atoms with Gasteiger partial charge in [-0.25, -0.2) is 9.37 Å². The smallest absolute Gasteiger partial charge is 0.250 e. The molecule has 0 radical (unpaired) electrons. The molecule has 2 heterocycles. The molecule has 30 heavy (non-hydrogen) atoms. The molecule has 1 amide bonds. The fourth-order valence-electron chi connectivity index (χ4n) is 4.12. The highest BCUT2D eigenvalue weighted by Crippen LogP contribution is 2.40. The highest BCUT2D eigenvalue weighted by atomic mass is 19.1. The number of nitrogens with zero attached hydrogens (tertiary/aromatic N) is 2. The summed E-state index contributed by atoms with van der Waals surface area (Å²) in [6.45, 7) is 4.66. The zero-order chi connectivity index (χ0) is 20.9. The van der Waals surface area contributed by atoms with Crippen molar-refractivity contribution in [2.45, 2.75) is 31.2 Å². The molecule has 6 nitrogen and oxygen atoms in total.